The van der Waals surface area contributed by atoms with Crippen molar-refractivity contribution in [1.82, 2.24) is 9.55 Å². The molecule has 104 valence electrons. The number of nitrogens with one attached hydrogen (secondary N) is 1. The fraction of sp³-hybridized carbons (Fsp3) is 0.500. The zero-order valence-electron chi connectivity index (χ0n) is 12.3. The summed E-state index contributed by atoms with van der Waals surface area (Å²) >= 11 is 5.45. The highest BCUT2D eigenvalue weighted by atomic mass is 32.1. The molecule has 1 N–H and O–H groups in total. The van der Waals surface area contributed by atoms with Crippen molar-refractivity contribution in [2.75, 3.05) is 0 Å². The lowest BCUT2D eigenvalue weighted by Crippen LogP contribution is -2.04. The number of H-pyrrole nitrogens is 1. The van der Waals surface area contributed by atoms with E-state index in [9.17, 15) is 5.26 Å². The van der Waals surface area contributed by atoms with Crippen molar-refractivity contribution in [3.8, 4) is 6.07 Å². The van der Waals surface area contributed by atoms with E-state index in [-0.39, 0.29) is 0 Å². The van der Waals surface area contributed by atoms with Crippen LogP contribution in [0.4, 0.5) is 0 Å². The maximum Gasteiger partial charge on any atom is 0.178 e. The first-order valence-electron chi connectivity index (χ1n) is 6.92. The Morgan fingerprint density at radius 1 is 1.30 bits per heavy atom. The Balaban J connectivity index is 2.09. The molecule has 0 unspecified atom stereocenters. The van der Waals surface area contributed by atoms with E-state index in [2.05, 4.69) is 43.3 Å². The van der Waals surface area contributed by atoms with Gasteiger partial charge in [0.2, 0.25) is 0 Å². The molecule has 1 aliphatic carbocycles. The van der Waals surface area contributed by atoms with Crippen molar-refractivity contribution in [1.29, 1.82) is 5.26 Å². The zero-order chi connectivity index (χ0) is 14.7. The second kappa shape index (κ2) is 3.95. The molecule has 0 saturated heterocycles. The molecule has 1 saturated carbocycles. The van der Waals surface area contributed by atoms with E-state index in [1.807, 2.05) is 18.2 Å². The maximum atomic E-state index is 9.18. The number of imidazole rings is 1. The summed E-state index contributed by atoms with van der Waals surface area (Å²) in [7, 11) is 0. The molecule has 2 aromatic rings. The fourth-order valence-corrected chi connectivity index (χ4v) is 3.70. The molecule has 0 aliphatic heterocycles. The number of hydrogen-bond acceptors (Lipinski definition) is 2. The first kappa shape index (κ1) is 13.4. The normalized spacial score (nSPS) is 19.9. The summed E-state index contributed by atoms with van der Waals surface area (Å²) in [5, 5.41) is 9.18. The van der Waals surface area contributed by atoms with Gasteiger partial charge in [0, 0.05) is 6.54 Å². The van der Waals surface area contributed by atoms with Crippen LogP contribution in [0.25, 0.3) is 11.0 Å². The van der Waals surface area contributed by atoms with Crippen LogP contribution in [0.2, 0.25) is 0 Å². The molecule has 3 rings (SSSR count). The van der Waals surface area contributed by atoms with Gasteiger partial charge in [0.1, 0.15) is 6.07 Å². The number of rotatable bonds is 2. The van der Waals surface area contributed by atoms with Crippen molar-refractivity contribution in [2.24, 2.45) is 16.7 Å². The van der Waals surface area contributed by atoms with Gasteiger partial charge in [-0.1, -0.05) is 33.8 Å². The molecule has 1 aliphatic rings. The topological polar surface area (TPSA) is 44.5 Å². The van der Waals surface area contributed by atoms with Crippen LogP contribution in [0.3, 0.4) is 0 Å². The van der Waals surface area contributed by atoms with Gasteiger partial charge in [-0.25, -0.2) is 0 Å². The van der Waals surface area contributed by atoms with Crippen LogP contribution in [0.1, 0.15) is 33.3 Å². The number of benzene rings is 1. The summed E-state index contributed by atoms with van der Waals surface area (Å²) in [6.45, 7) is 10.2. The molecule has 1 heterocycles. The Labute approximate surface area is 124 Å². The molecule has 1 aromatic carbocycles. The second-order valence-corrected chi connectivity index (χ2v) is 7.23. The Morgan fingerprint density at radius 3 is 2.50 bits per heavy atom. The van der Waals surface area contributed by atoms with Crippen LogP contribution in [0.5, 0.6) is 0 Å². The van der Waals surface area contributed by atoms with E-state index < -0.39 is 0 Å². The summed E-state index contributed by atoms with van der Waals surface area (Å²) in [5.41, 5.74) is 3.21. The van der Waals surface area contributed by atoms with Crippen LogP contribution in [-0.4, -0.2) is 9.55 Å². The minimum atomic E-state index is 0.332. The van der Waals surface area contributed by atoms with E-state index in [0.717, 1.165) is 17.6 Å². The molecule has 1 fully saturated rings. The van der Waals surface area contributed by atoms with Crippen LogP contribution in [0, 0.1) is 32.9 Å². The highest BCUT2D eigenvalue weighted by Crippen LogP contribution is 2.68. The average Bonchev–Trinajstić information content (AvgIpc) is 2.67. The number of aromatic amines is 1. The number of nitriles is 1. The van der Waals surface area contributed by atoms with Crippen LogP contribution in [0.15, 0.2) is 18.2 Å². The SMILES string of the molecule is CC1(C)C(Cn2c(=S)[nH]c3c(C#N)cccc32)C1(C)C. The Morgan fingerprint density at radius 2 is 1.95 bits per heavy atom. The van der Waals surface area contributed by atoms with E-state index >= 15 is 0 Å². The largest absolute Gasteiger partial charge is 0.329 e. The number of aromatic nitrogens is 2. The van der Waals surface area contributed by atoms with E-state index in [1.165, 1.54) is 0 Å². The number of hydrogen-bond donors (Lipinski definition) is 1. The highest BCUT2D eigenvalue weighted by Gasteiger charge is 2.64. The standard InChI is InChI=1S/C16H19N3S/c1-15(2)12(16(15,3)4)9-19-11-7-5-6-10(8-17)13(11)18-14(19)20/h5-7,12H,9H2,1-4H3,(H,18,20). The summed E-state index contributed by atoms with van der Waals surface area (Å²) in [6.07, 6.45) is 0. The van der Waals surface area contributed by atoms with Gasteiger partial charge in [0.25, 0.3) is 0 Å². The van der Waals surface area contributed by atoms with Crippen LogP contribution in [-0.2, 0) is 6.54 Å². The van der Waals surface area contributed by atoms with E-state index in [4.69, 9.17) is 12.2 Å². The molecular formula is C16H19N3S. The molecular weight excluding hydrogens is 266 g/mol. The Kier molecular flexibility index (Phi) is 2.65. The van der Waals surface area contributed by atoms with Gasteiger partial charge in [0.15, 0.2) is 4.77 Å². The summed E-state index contributed by atoms with van der Waals surface area (Å²) in [5.74, 6) is 0.603. The Bertz CT molecular complexity index is 772. The molecule has 0 atom stereocenters. The molecule has 0 amide bonds. The van der Waals surface area contributed by atoms with Crippen molar-refractivity contribution < 1.29 is 0 Å². The van der Waals surface area contributed by atoms with Crippen LogP contribution < -0.4 is 0 Å². The average molecular weight is 285 g/mol. The minimum Gasteiger partial charge on any atom is -0.329 e. The van der Waals surface area contributed by atoms with E-state index in [1.54, 1.807) is 0 Å². The first-order chi connectivity index (χ1) is 9.30. The van der Waals surface area contributed by atoms with Gasteiger partial charge in [0.05, 0.1) is 16.6 Å². The fourth-order valence-electron chi connectivity index (χ4n) is 3.43. The van der Waals surface area contributed by atoms with Crippen molar-refractivity contribution in [3.63, 3.8) is 0 Å². The van der Waals surface area contributed by atoms with Crippen molar-refractivity contribution in [3.05, 3.63) is 28.5 Å². The highest BCUT2D eigenvalue weighted by molar-refractivity contribution is 7.71. The van der Waals surface area contributed by atoms with Gasteiger partial charge in [-0.05, 0) is 41.1 Å². The quantitative estimate of drug-likeness (QED) is 0.838. The van der Waals surface area contributed by atoms with Gasteiger partial charge in [-0.15, -0.1) is 0 Å². The van der Waals surface area contributed by atoms with E-state index in [0.29, 0.717) is 27.1 Å². The summed E-state index contributed by atoms with van der Waals surface area (Å²) < 4.78 is 2.85. The molecule has 0 spiro atoms. The lowest BCUT2D eigenvalue weighted by Gasteiger charge is -2.06. The van der Waals surface area contributed by atoms with Gasteiger partial charge in [-0.3, -0.25) is 0 Å². The lowest BCUT2D eigenvalue weighted by atomic mass is 10.0. The second-order valence-electron chi connectivity index (χ2n) is 6.85. The van der Waals surface area contributed by atoms with Gasteiger partial charge < -0.3 is 9.55 Å². The maximum absolute atomic E-state index is 9.18. The molecule has 1 aromatic heterocycles. The molecule has 0 radical (unpaired) electrons. The third-order valence-corrected chi connectivity index (χ3v) is 5.94. The third kappa shape index (κ3) is 1.59. The molecule has 3 nitrogen and oxygen atoms in total. The van der Waals surface area contributed by atoms with Crippen molar-refractivity contribution >= 4 is 23.3 Å². The predicted octanol–water partition coefficient (Wildman–Crippen LogP) is 4.25. The molecule has 4 heteroatoms. The van der Waals surface area contributed by atoms with Gasteiger partial charge >= 0.3 is 0 Å². The molecule has 20 heavy (non-hydrogen) atoms. The number of nitrogens with zero attached hydrogens (tertiary/aromatic N) is 2. The smallest absolute Gasteiger partial charge is 0.178 e. The van der Waals surface area contributed by atoms with Crippen molar-refractivity contribution in [2.45, 2.75) is 34.2 Å². The lowest BCUT2D eigenvalue weighted by molar-refractivity contribution is 0.457. The number of fused-ring (bicyclic) bond motifs is 1. The molecule has 0 bridgehead atoms. The van der Waals surface area contributed by atoms with Crippen LogP contribution >= 0.6 is 12.2 Å². The summed E-state index contributed by atoms with van der Waals surface area (Å²) in [4.78, 5) is 3.19. The monoisotopic (exact) mass is 285 g/mol. The predicted molar refractivity (Wildman–Crippen MR) is 82.9 cm³/mol. The zero-order valence-corrected chi connectivity index (χ0v) is 13.1. The third-order valence-electron chi connectivity index (χ3n) is 5.62. The van der Waals surface area contributed by atoms with Gasteiger partial charge in [-0.2, -0.15) is 5.26 Å². The summed E-state index contributed by atoms with van der Waals surface area (Å²) in [6, 6.07) is 8.00. The minimum absolute atomic E-state index is 0.332. The first-order valence-corrected chi connectivity index (χ1v) is 7.33. The Hall–Kier alpha value is -1.60. The number of para-hydroxylation sites is 1.